The van der Waals surface area contributed by atoms with Crippen LogP contribution >= 0.6 is 0 Å². The fourth-order valence-corrected chi connectivity index (χ4v) is 3.42. The van der Waals surface area contributed by atoms with Crippen molar-refractivity contribution in [3.05, 3.63) is 29.8 Å². The molecule has 1 fully saturated rings. The van der Waals surface area contributed by atoms with Gasteiger partial charge in [-0.1, -0.05) is 38.5 Å². The molecule has 0 bridgehead atoms. The van der Waals surface area contributed by atoms with Crippen LogP contribution in [0.15, 0.2) is 24.3 Å². The number of nitrogens with two attached hydrogens (primary N) is 1. The summed E-state index contributed by atoms with van der Waals surface area (Å²) in [7, 11) is 0. The van der Waals surface area contributed by atoms with Gasteiger partial charge in [-0.2, -0.15) is 0 Å². The molecule has 1 saturated carbocycles. The van der Waals surface area contributed by atoms with E-state index in [1.165, 1.54) is 24.8 Å². The van der Waals surface area contributed by atoms with Crippen molar-refractivity contribution in [3.63, 3.8) is 0 Å². The predicted molar refractivity (Wildman–Crippen MR) is 78.8 cm³/mol. The number of nitrogens with one attached hydrogen (secondary N) is 1. The van der Waals surface area contributed by atoms with Gasteiger partial charge in [0, 0.05) is 5.56 Å². The molecule has 1 aromatic rings. The third-order valence-electron chi connectivity index (χ3n) is 4.48. The molecule has 19 heavy (non-hydrogen) atoms. The summed E-state index contributed by atoms with van der Waals surface area (Å²) in [6.45, 7) is 7.39. The van der Waals surface area contributed by atoms with Gasteiger partial charge in [-0.05, 0) is 37.2 Å². The van der Waals surface area contributed by atoms with Gasteiger partial charge in [0.05, 0.1) is 12.6 Å². The Morgan fingerprint density at radius 3 is 2.74 bits per heavy atom. The van der Waals surface area contributed by atoms with Crippen molar-refractivity contribution in [2.45, 2.75) is 46.1 Å². The molecule has 0 aromatic heterocycles. The fraction of sp³-hybridized carbons (Fsp3) is 0.625. The minimum atomic E-state index is 0.167. The van der Waals surface area contributed by atoms with Crippen molar-refractivity contribution in [2.24, 2.45) is 17.2 Å². The Morgan fingerprint density at radius 2 is 2.16 bits per heavy atom. The third-order valence-corrected chi connectivity index (χ3v) is 4.48. The lowest BCUT2D eigenvalue weighted by Crippen LogP contribution is -2.38. The zero-order chi connectivity index (χ0) is 13.9. The van der Waals surface area contributed by atoms with Crippen LogP contribution in [0.25, 0.3) is 0 Å². The van der Waals surface area contributed by atoms with E-state index in [1.807, 2.05) is 19.1 Å². The minimum absolute atomic E-state index is 0.167. The van der Waals surface area contributed by atoms with Crippen molar-refractivity contribution >= 4 is 0 Å². The standard InChI is InChI=1S/C16H26N2O/c1-4-19-14-10-6-5-8-12(14)15(18-17)13-9-7-11-16(13,2)3/h5-6,8,10,13,15,18H,4,7,9,11,17H2,1-3H3. The molecule has 3 heteroatoms. The molecule has 0 aliphatic heterocycles. The first kappa shape index (κ1) is 14.4. The van der Waals surface area contributed by atoms with Crippen molar-refractivity contribution in [2.75, 3.05) is 6.61 Å². The second kappa shape index (κ2) is 5.93. The minimum Gasteiger partial charge on any atom is -0.494 e. The molecular formula is C16H26N2O. The molecule has 2 atom stereocenters. The Balaban J connectivity index is 2.31. The van der Waals surface area contributed by atoms with Gasteiger partial charge >= 0.3 is 0 Å². The molecule has 1 aliphatic rings. The SMILES string of the molecule is CCOc1ccccc1C(NN)C1CCCC1(C)C. The van der Waals surface area contributed by atoms with E-state index in [0.717, 1.165) is 5.75 Å². The topological polar surface area (TPSA) is 47.3 Å². The van der Waals surface area contributed by atoms with Crippen molar-refractivity contribution in [1.82, 2.24) is 5.43 Å². The van der Waals surface area contributed by atoms with Crippen molar-refractivity contribution < 1.29 is 4.74 Å². The molecule has 0 heterocycles. The van der Waals surface area contributed by atoms with Crippen LogP contribution in [0.3, 0.4) is 0 Å². The molecule has 106 valence electrons. The average molecular weight is 262 g/mol. The van der Waals surface area contributed by atoms with Gasteiger partial charge in [0.15, 0.2) is 0 Å². The van der Waals surface area contributed by atoms with E-state index in [1.54, 1.807) is 0 Å². The number of rotatable bonds is 5. The van der Waals surface area contributed by atoms with Crippen LogP contribution in [0.4, 0.5) is 0 Å². The molecular weight excluding hydrogens is 236 g/mol. The highest BCUT2D eigenvalue weighted by Gasteiger charge is 2.40. The Morgan fingerprint density at radius 1 is 1.42 bits per heavy atom. The first-order valence-corrected chi connectivity index (χ1v) is 7.28. The normalized spacial score (nSPS) is 23.3. The number of para-hydroxylation sites is 1. The molecule has 2 unspecified atom stereocenters. The Bertz CT molecular complexity index is 417. The van der Waals surface area contributed by atoms with Gasteiger partial charge in [0.2, 0.25) is 0 Å². The van der Waals surface area contributed by atoms with Crippen LogP contribution in [0.1, 0.15) is 51.6 Å². The van der Waals surface area contributed by atoms with Gasteiger partial charge in [-0.15, -0.1) is 0 Å². The van der Waals surface area contributed by atoms with Gasteiger partial charge in [0.25, 0.3) is 0 Å². The first-order chi connectivity index (χ1) is 9.10. The molecule has 3 N–H and O–H groups in total. The summed E-state index contributed by atoms with van der Waals surface area (Å²) in [5.41, 5.74) is 4.55. The molecule has 1 aromatic carbocycles. The number of ether oxygens (including phenoxy) is 1. The molecule has 0 spiro atoms. The van der Waals surface area contributed by atoms with E-state index >= 15 is 0 Å². The maximum absolute atomic E-state index is 5.87. The van der Waals surface area contributed by atoms with E-state index in [2.05, 4.69) is 31.4 Å². The van der Waals surface area contributed by atoms with Crippen molar-refractivity contribution in [3.8, 4) is 5.75 Å². The smallest absolute Gasteiger partial charge is 0.124 e. The molecule has 0 radical (unpaired) electrons. The van der Waals surface area contributed by atoms with Crippen LogP contribution < -0.4 is 16.0 Å². The summed E-state index contributed by atoms with van der Waals surface area (Å²) in [4.78, 5) is 0. The summed E-state index contributed by atoms with van der Waals surface area (Å²) in [6.07, 6.45) is 3.78. The van der Waals surface area contributed by atoms with E-state index < -0.39 is 0 Å². The second-order valence-corrected chi connectivity index (χ2v) is 6.10. The lowest BCUT2D eigenvalue weighted by atomic mass is 9.75. The second-order valence-electron chi connectivity index (χ2n) is 6.10. The zero-order valence-corrected chi connectivity index (χ0v) is 12.3. The zero-order valence-electron chi connectivity index (χ0n) is 12.3. The van der Waals surface area contributed by atoms with Crippen LogP contribution in [0.2, 0.25) is 0 Å². The molecule has 2 rings (SSSR count). The quantitative estimate of drug-likeness (QED) is 0.631. The van der Waals surface area contributed by atoms with E-state index in [9.17, 15) is 0 Å². The molecule has 0 amide bonds. The van der Waals surface area contributed by atoms with Gasteiger partial charge in [-0.3, -0.25) is 11.3 Å². The third kappa shape index (κ3) is 2.93. The van der Waals surface area contributed by atoms with Crippen LogP contribution in [0, 0.1) is 11.3 Å². The number of hydrogen-bond acceptors (Lipinski definition) is 3. The van der Waals surface area contributed by atoms with Gasteiger partial charge < -0.3 is 4.74 Å². The summed E-state index contributed by atoms with van der Waals surface area (Å²) in [5.74, 6) is 7.37. The van der Waals surface area contributed by atoms with Crippen LogP contribution in [0.5, 0.6) is 5.75 Å². The lowest BCUT2D eigenvalue weighted by molar-refractivity contribution is 0.194. The Kier molecular flexibility index (Phi) is 4.48. The largest absolute Gasteiger partial charge is 0.494 e. The van der Waals surface area contributed by atoms with Crippen LogP contribution in [-0.2, 0) is 0 Å². The first-order valence-electron chi connectivity index (χ1n) is 7.28. The van der Waals surface area contributed by atoms with Gasteiger partial charge in [0.1, 0.15) is 5.75 Å². The lowest BCUT2D eigenvalue weighted by Gasteiger charge is -2.34. The Labute approximate surface area is 116 Å². The van der Waals surface area contributed by atoms with Gasteiger partial charge in [-0.25, -0.2) is 0 Å². The number of benzene rings is 1. The maximum Gasteiger partial charge on any atom is 0.124 e. The predicted octanol–water partition coefficient (Wildman–Crippen LogP) is 3.42. The van der Waals surface area contributed by atoms with E-state index in [-0.39, 0.29) is 6.04 Å². The molecule has 0 saturated heterocycles. The summed E-state index contributed by atoms with van der Waals surface area (Å²) >= 11 is 0. The number of hydrazine groups is 1. The Hall–Kier alpha value is -1.06. The fourth-order valence-electron chi connectivity index (χ4n) is 3.42. The molecule has 1 aliphatic carbocycles. The summed E-state index contributed by atoms with van der Waals surface area (Å²) < 4.78 is 5.75. The van der Waals surface area contributed by atoms with Crippen molar-refractivity contribution in [1.29, 1.82) is 0 Å². The van der Waals surface area contributed by atoms with E-state index in [0.29, 0.717) is 17.9 Å². The highest BCUT2D eigenvalue weighted by atomic mass is 16.5. The maximum atomic E-state index is 5.87. The molecule has 3 nitrogen and oxygen atoms in total. The number of hydrogen-bond donors (Lipinski definition) is 2. The summed E-state index contributed by atoms with van der Waals surface area (Å²) in [5, 5.41) is 0. The van der Waals surface area contributed by atoms with E-state index in [4.69, 9.17) is 10.6 Å². The highest BCUT2D eigenvalue weighted by Crippen LogP contribution is 2.49. The monoisotopic (exact) mass is 262 g/mol. The average Bonchev–Trinajstić information content (AvgIpc) is 2.73. The van der Waals surface area contributed by atoms with Crippen LogP contribution in [-0.4, -0.2) is 6.61 Å². The summed E-state index contributed by atoms with van der Waals surface area (Å²) in [6, 6.07) is 8.40. The highest BCUT2D eigenvalue weighted by molar-refractivity contribution is 5.36.